The van der Waals surface area contributed by atoms with Gasteiger partial charge in [0.2, 0.25) is 0 Å². The molecule has 8 heteroatoms. The van der Waals surface area contributed by atoms with E-state index in [9.17, 15) is 19.7 Å². The summed E-state index contributed by atoms with van der Waals surface area (Å²) in [5.41, 5.74) is -0.326. The second kappa shape index (κ2) is 5.69. The number of carbonyl (C=O) groups is 2. The van der Waals surface area contributed by atoms with Crippen LogP contribution in [0.1, 0.15) is 23.7 Å². The van der Waals surface area contributed by atoms with Crippen molar-refractivity contribution in [2.75, 3.05) is 6.54 Å². The van der Waals surface area contributed by atoms with Crippen LogP contribution in [0.2, 0.25) is 5.02 Å². The van der Waals surface area contributed by atoms with Crippen molar-refractivity contribution in [3.05, 3.63) is 38.9 Å². The van der Waals surface area contributed by atoms with Gasteiger partial charge in [-0.2, -0.15) is 0 Å². The molecule has 0 spiro atoms. The van der Waals surface area contributed by atoms with Crippen molar-refractivity contribution in [1.82, 2.24) is 4.90 Å². The van der Waals surface area contributed by atoms with E-state index < -0.39 is 28.8 Å². The van der Waals surface area contributed by atoms with E-state index >= 15 is 0 Å². The molecule has 0 aliphatic carbocycles. The summed E-state index contributed by atoms with van der Waals surface area (Å²) in [5, 5.41) is 19.7. The van der Waals surface area contributed by atoms with Crippen LogP contribution in [0.3, 0.4) is 0 Å². The molecule has 1 aromatic carbocycles. The number of hydrogen-bond acceptors (Lipinski definition) is 4. The number of amides is 1. The largest absolute Gasteiger partial charge is 0.481 e. The van der Waals surface area contributed by atoms with Gasteiger partial charge < -0.3 is 10.0 Å². The summed E-state index contributed by atoms with van der Waals surface area (Å²) in [6.07, 6.45) is 0.356. The topological polar surface area (TPSA) is 101 Å². The van der Waals surface area contributed by atoms with Crippen LogP contribution < -0.4 is 0 Å². The predicted molar refractivity (Wildman–Crippen MR) is 74.3 cm³/mol. The first kappa shape index (κ1) is 15.2. The highest BCUT2D eigenvalue weighted by Crippen LogP contribution is 2.32. The normalized spacial score (nSPS) is 21.3. The first-order chi connectivity index (χ1) is 9.84. The lowest BCUT2D eigenvalue weighted by Gasteiger charge is -2.23. The van der Waals surface area contributed by atoms with Crippen LogP contribution in [0.15, 0.2) is 18.2 Å². The third-order valence-electron chi connectivity index (χ3n) is 3.74. The average molecular weight is 313 g/mol. The number of rotatable bonds is 3. The smallest absolute Gasteiger partial charge is 0.308 e. The Labute approximate surface area is 125 Å². The van der Waals surface area contributed by atoms with Crippen LogP contribution in [0.5, 0.6) is 0 Å². The highest BCUT2D eigenvalue weighted by atomic mass is 35.5. The first-order valence-electron chi connectivity index (χ1n) is 6.31. The van der Waals surface area contributed by atoms with Crippen LogP contribution in [0.4, 0.5) is 5.69 Å². The molecule has 1 heterocycles. The van der Waals surface area contributed by atoms with Crippen LogP contribution in [0.25, 0.3) is 0 Å². The van der Waals surface area contributed by atoms with E-state index in [0.29, 0.717) is 6.42 Å². The third-order valence-corrected chi connectivity index (χ3v) is 4.14. The van der Waals surface area contributed by atoms with E-state index in [4.69, 9.17) is 16.7 Å². The molecule has 7 nitrogen and oxygen atoms in total. The molecule has 1 fully saturated rings. The molecule has 2 unspecified atom stereocenters. The van der Waals surface area contributed by atoms with Crippen LogP contribution in [-0.2, 0) is 4.79 Å². The maximum Gasteiger partial charge on any atom is 0.308 e. The van der Waals surface area contributed by atoms with Crippen molar-refractivity contribution in [1.29, 1.82) is 0 Å². The highest BCUT2D eigenvalue weighted by Gasteiger charge is 2.39. The van der Waals surface area contributed by atoms with E-state index in [0.717, 1.165) is 0 Å². The fraction of sp³-hybridized carbons (Fsp3) is 0.385. The zero-order valence-corrected chi connectivity index (χ0v) is 11.9. The first-order valence-corrected chi connectivity index (χ1v) is 6.69. The summed E-state index contributed by atoms with van der Waals surface area (Å²) in [6, 6.07) is 3.52. The molecule has 1 saturated heterocycles. The summed E-state index contributed by atoms with van der Waals surface area (Å²) < 4.78 is 0. The molecule has 1 amide bonds. The standard InChI is InChI=1S/C13H13ClN2O5/c1-7-8(13(18)19)5-6-15(7)12(17)9-3-2-4-10(11(9)14)16(20)21/h2-4,7-8H,5-6H2,1H3,(H,18,19). The van der Waals surface area contributed by atoms with Gasteiger partial charge in [0.05, 0.1) is 16.4 Å². The number of likely N-dealkylation sites (tertiary alicyclic amines) is 1. The zero-order valence-electron chi connectivity index (χ0n) is 11.2. The van der Waals surface area contributed by atoms with Gasteiger partial charge in [-0.1, -0.05) is 17.7 Å². The minimum atomic E-state index is -0.956. The lowest BCUT2D eigenvalue weighted by atomic mass is 10.0. The summed E-state index contributed by atoms with van der Waals surface area (Å²) in [5.74, 6) is -2.07. The molecule has 0 radical (unpaired) electrons. The third kappa shape index (κ3) is 2.69. The molecule has 112 valence electrons. The maximum atomic E-state index is 12.4. The number of nitro groups is 1. The van der Waals surface area contributed by atoms with E-state index in [1.807, 2.05) is 0 Å². The minimum Gasteiger partial charge on any atom is -0.481 e. The molecule has 0 saturated carbocycles. The number of carboxylic acids is 1. The van der Waals surface area contributed by atoms with Crippen molar-refractivity contribution >= 4 is 29.2 Å². The lowest BCUT2D eigenvalue weighted by molar-refractivity contribution is -0.384. The van der Waals surface area contributed by atoms with Gasteiger partial charge in [0, 0.05) is 18.7 Å². The second-order valence-electron chi connectivity index (χ2n) is 4.87. The maximum absolute atomic E-state index is 12.4. The van der Waals surface area contributed by atoms with Gasteiger partial charge >= 0.3 is 5.97 Å². The quantitative estimate of drug-likeness (QED) is 0.681. The number of aliphatic carboxylic acids is 1. The Hall–Kier alpha value is -2.15. The van der Waals surface area contributed by atoms with Gasteiger partial charge in [0.15, 0.2) is 0 Å². The number of carboxylic acid groups (broad SMARTS) is 1. The van der Waals surface area contributed by atoms with Crippen molar-refractivity contribution in [3.8, 4) is 0 Å². The Morgan fingerprint density at radius 3 is 2.67 bits per heavy atom. The molecule has 1 aliphatic heterocycles. The number of halogens is 1. The summed E-state index contributed by atoms with van der Waals surface area (Å²) in [7, 11) is 0. The number of nitrogens with zero attached hydrogens (tertiary/aromatic N) is 2. The highest BCUT2D eigenvalue weighted by molar-refractivity contribution is 6.35. The predicted octanol–water partition coefficient (Wildman–Crippen LogP) is 2.18. The van der Waals surface area contributed by atoms with Gasteiger partial charge in [0.25, 0.3) is 11.6 Å². The van der Waals surface area contributed by atoms with E-state index in [2.05, 4.69) is 0 Å². The molecule has 2 atom stereocenters. The molecule has 0 aromatic heterocycles. The van der Waals surface area contributed by atoms with Gasteiger partial charge in [0.1, 0.15) is 5.02 Å². The molecular weight excluding hydrogens is 300 g/mol. The van der Waals surface area contributed by atoms with Crippen LogP contribution >= 0.6 is 11.6 Å². The lowest BCUT2D eigenvalue weighted by Crippen LogP contribution is -2.37. The SMILES string of the molecule is CC1C(C(=O)O)CCN1C(=O)c1cccc([N+](=O)[O-])c1Cl. The molecule has 1 N–H and O–H groups in total. The van der Waals surface area contributed by atoms with Gasteiger partial charge in [-0.3, -0.25) is 19.7 Å². The van der Waals surface area contributed by atoms with Crippen molar-refractivity contribution in [2.45, 2.75) is 19.4 Å². The molecule has 0 bridgehead atoms. The fourth-order valence-electron chi connectivity index (χ4n) is 2.54. The fourth-order valence-corrected chi connectivity index (χ4v) is 2.81. The molecule has 1 aliphatic rings. The van der Waals surface area contributed by atoms with Crippen LogP contribution in [-0.4, -0.2) is 39.4 Å². The zero-order chi connectivity index (χ0) is 15.7. The number of carbonyl (C=O) groups excluding carboxylic acids is 1. The average Bonchev–Trinajstić information content (AvgIpc) is 2.80. The van der Waals surface area contributed by atoms with Gasteiger partial charge in [-0.15, -0.1) is 0 Å². The summed E-state index contributed by atoms with van der Waals surface area (Å²) in [4.78, 5) is 35.1. The Bertz CT molecular complexity index is 619. The summed E-state index contributed by atoms with van der Waals surface area (Å²) in [6.45, 7) is 1.94. The van der Waals surface area contributed by atoms with E-state index in [1.54, 1.807) is 6.92 Å². The number of benzene rings is 1. The number of hydrogen-bond donors (Lipinski definition) is 1. The summed E-state index contributed by atoms with van der Waals surface area (Å²) >= 11 is 5.92. The Balaban J connectivity index is 2.32. The minimum absolute atomic E-state index is 0.0174. The molecule has 21 heavy (non-hydrogen) atoms. The number of nitro benzene ring substituents is 1. The van der Waals surface area contributed by atoms with Crippen molar-refractivity contribution < 1.29 is 19.6 Å². The van der Waals surface area contributed by atoms with Gasteiger partial charge in [-0.25, -0.2) is 0 Å². The molecular formula is C13H13ClN2O5. The monoisotopic (exact) mass is 312 g/mol. The second-order valence-corrected chi connectivity index (χ2v) is 5.25. The van der Waals surface area contributed by atoms with Crippen molar-refractivity contribution in [3.63, 3.8) is 0 Å². The Kier molecular flexibility index (Phi) is 4.13. The van der Waals surface area contributed by atoms with Gasteiger partial charge in [-0.05, 0) is 19.4 Å². The van der Waals surface area contributed by atoms with E-state index in [1.165, 1.54) is 23.1 Å². The van der Waals surface area contributed by atoms with E-state index in [-0.39, 0.29) is 22.8 Å². The Morgan fingerprint density at radius 1 is 1.48 bits per heavy atom. The van der Waals surface area contributed by atoms with Crippen molar-refractivity contribution in [2.24, 2.45) is 5.92 Å². The van der Waals surface area contributed by atoms with Crippen LogP contribution in [0, 0.1) is 16.0 Å². The molecule has 1 aromatic rings. The Morgan fingerprint density at radius 2 is 2.14 bits per heavy atom. The molecule has 2 rings (SSSR count).